The summed E-state index contributed by atoms with van der Waals surface area (Å²) in [6.07, 6.45) is 20.4. The second-order valence-electron chi connectivity index (χ2n) is 8.87. The van der Waals surface area contributed by atoms with E-state index in [0.29, 0.717) is 19.3 Å². The first-order valence-corrected chi connectivity index (χ1v) is 14.0. The van der Waals surface area contributed by atoms with Crippen LogP contribution in [0.2, 0.25) is 0 Å². The van der Waals surface area contributed by atoms with Crippen molar-refractivity contribution in [1.29, 1.82) is 0 Å². The van der Waals surface area contributed by atoms with E-state index in [9.17, 15) is 18.1 Å². The molecule has 0 fully saturated rings. The van der Waals surface area contributed by atoms with Crippen molar-refractivity contribution in [3.05, 3.63) is 0 Å². The van der Waals surface area contributed by atoms with Crippen molar-refractivity contribution in [2.24, 2.45) is 0 Å². The van der Waals surface area contributed by atoms with E-state index in [-0.39, 0.29) is 29.6 Å². The maximum Gasteiger partial charge on any atom is 1.00 e. The molecule has 6 heteroatoms. The van der Waals surface area contributed by atoms with Crippen LogP contribution >= 0.6 is 0 Å². The zero-order chi connectivity index (χ0) is 21.8. The summed E-state index contributed by atoms with van der Waals surface area (Å²) in [5.74, 6) is 0. The van der Waals surface area contributed by atoms with Crippen LogP contribution in [0.5, 0.6) is 0 Å². The molecule has 0 saturated carbocycles. The van der Waals surface area contributed by atoms with Crippen molar-refractivity contribution in [3.63, 3.8) is 0 Å². The zero-order valence-corrected chi connectivity index (χ0v) is 23.2. The standard InChI is InChI=1S/C24H50O4S.Na/c1-3-5-7-9-11-12-14-16-18-20-24(29(26,27)28)22-21-23(25)19-17-15-13-10-8-6-4-2;/h23-25H,3-22H2,1-2H3,(H,26,27,28);/q;+1/p-1. The van der Waals surface area contributed by atoms with Crippen LogP contribution in [0, 0.1) is 0 Å². The van der Waals surface area contributed by atoms with Crippen LogP contribution in [-0.2, 0) is 10.1 Å². The fraction of sp³-hybridized carbons (Fsp3) is 1.00. The van der Waals surface area contributed by atoms with Gasteiger partial charge in [0.25, 0.3) is 0 Å². The van der Waals surface area contributed by atoms with Crippen molar-refractivity contribution < 1.29 is 47.6 Å². The topological polar surface area (TPSA) is 77.4 Å². The average molecular weight is 457 g/mol. The number of hydrogen-bond donors (Lipinski definition) is 1. The van der Waals surface area contributed by atoms with Gasteiger partial charge in [0.05, 0.1) is 16.2 Å². The van der Waals surface area contributed by atoms with Crippen LogP contribution in [-0.4, -0.2) is 29.4 Å². The van der Waals surface area contributed by atoms with Gasteiger partial charge < -0.3 is 9.66 Å². The van der Waals surface area contributed by atoms with Crippen LogP contribution in [0.3, 0.4) is 0 Å². The van der Waals surface area contributed by atoms with Gasteiger partial charge in [-0.25, -0.2) is 8.42 Å². The van der Waals surface area contributed by atoms with Gasteiger partial charge in [-0.3, -0.25) is 0 Å². The van der Waals surface area contributed by atoms with Crippen molar-refractivity contribution in [2.45, 2.75) is 154 Å². The van der Waals surface area contributed by atoms with Gasteiger partial charge >= 0.3 is 29.6 Å². The Morgan fingerprint density at radius 3 is 1.37 bits per heavy atom. The van der Waals surface area contributed by atoms with Crippen molar-refractivity contribution in [3.8, 4) is 0 Å². The molecule has 0 aromatic rings. The van der Waals surface area contributed by atoms with Crippen LogP contribution in [0.25, 0.3) is 0 Å². The zero-order valence-electron chi connectivity index (χ0n) is 20.4. The predicted octanol–water partition coefficient (Wildman–Crippen LogP) is 4.11. The summed E-state index contributed by atoms with van der Waals surface area (Å²) in [4.78, 5) is 0. The van der Waals surface area contributed by atoms with E-state index < -0.39 is 21.5 Å². The molecule has 0 amide bonds. The molecule has 0 heterocycles. The number of rotatable bonds is 22. The Balaban J connectivity index is 0. The summed E-state index contributed by atoms with van der Waals surface area (Å²) < 4.78 is 34.7. The second kappa shape index (κ2) is 23.0. The molecule has 0 aliphatic heterocycles. The molecule has 2 atom stereocenters. The summed E-state index contributed by atoms with van der Waals surface area (Å²) in [5, 5.41) is 9.31. The molecule has 4 nitrogen and oxygen atoms in total. The Labute approximate surface area is 210 Å². The maximum absolute atomic E-state index is 11.6. The Morgan fingerprint density at radius 2 is 0.967 bits per heavy atom. The van der Waals surface area contributed by atoms with Gasteiger partial charge in [0.15, 0.2) is 0 Å². The van der Waals surface area contributed by atoms with Gasteiger partial charge in [0, 0.05) is 5.25 Å². The largest absolute Gasteiger partial charge is 1.00 e. The minimum Gasteiger partial charge on any atom is -0.748 e. The van der Waals surface area contributed by atoms with Gasteiger partial charge in [-0.2, -0.15) is 0 Å². The van der Waals surface area contributed by atoms with E-state index in [0.717, 1.165) is 38.5 Å². The molecule has 0 spiro atoms. The smallest absolute Gasteiger partial charge is 0.748 e. The fourth-order valence-electron chi connectivity index (χ4n) is 3.98. The maximum atomic E-state index is 11.6. The summed E-state index contributed by atoms with van der Waals surface area (Å²) in [6, 6.07) is 0. The fourth-order valence-corrected chi connectivity index (χ4v) is 4.86. The molecule has 0 rings (SSSR count). The minimum atomic E-state index is -4.27. The monoisotopic (exact) mass is 456 g/mol. The average Bonchev–Trinajstić information content (AvgIpc) is 2.67. The van der Waals surface area contributed by atoms with Crippen LogP contribution in [0.4, 0.5) is 0 Å². The van der Waals surface area contributed by atoms with Gasteiger partial charge in [-0.1, -0.05) is 117 Å². The summed E-state index contributed by atoms with van der Waals surface area (Å²) in [6.45, 7) is 4.43. The van der Waals surface area contributed by atoms with E-state index >= 15 is 0 Å². The summed E-state index contributed by atoms with van der Waals surface area (Å²) in [5.41, 5.74) is 0. The molecular weight excluding hydrogens is 407 g/mol. The number of aliphatic hydroxyl groups is 1. The quantitative estimate of drug-likeness (QED) is 0.151. The third-order valence-corrected chi connectivity index (χ3v) is 7.29. The minimum absolute atomic E-state index is 0. The number of aliphatic hydroxyl groups excluding tert-OH is 1. The number of unbranched alkanes of at least 4 members (excludes halogenated alkanes) is 14. The summed E-state index contributed by atoms with van der Waals surface area (Å²) >= 11 is 0. The second-order valence-corrected chi connectivity index (χ2v) is 10.5. The molecule has 0 aromatic heterocycles. The van der Waals surface area contributed by atoms with Gasteiger partial charge in [0.1, 0.15) is 0 Å². The molecule has 0 aromatic carbocycles. The molecule has 2 unspecified atom stereocenters. The first kappa shape index (κ1) is 33.0. The van der Waals surface area contributed by atoms with Gasteiger partial charge in [-0.05, 0) is 25.7 Å². The molecule has 0 aliphatic carbocycles. The molecule has 1 N–H and O–H groups in total. The Bertz CT molecular complexity index is 442. The SMILES string of the molecule is CCCCCCCCCCCC(CCC(O)CCCCCCCCC)S(=O)(=O)[O-].[Na+]. The van der Waals surface area contributed by atoms with E-state index in [2.05, 4.69) is 13.8 Å². The van der Waals surface area contributed by atoms with E-state index in [4.69, 9.17) is 0 Å². The van der Waals surface area contributed by atoms with Crippen LogP contribution in [0.15, 0.2) is 0 Å². The molecule has 0 aliphatic rings. The number of hydrogen-bond acceptors (Lipinski definition) is 4. The van der Waals surface area contributed by atoms with Gasteiger partial charge in [0.2, 0.25) is 0 Å². The first-order valence-electron chi connectivity index (χ1n) is 12.5. The molecule has 0 radical (unpaired) electrons. The van der Waals surface area contributed by atoms with Crippen LogP contribution in [0.1, 0.15) is 142 Å². The predicted molar refractivity (Wildman–Crippen MR) is 123 cm³/mol. The van der Waals surface area contributed by atoms with Gasteiger partial charge in [-0.15, -0.1) is 0 Å². The normalized spacial score (nSPS) is 13.7. The molecule has 0 bridgehead atoms. The summed E-state index contributed by atoms with van der Waals surface area (Å²) in [7, 11) is -4.27. The van der Waals surface area contributed by atoms with E-state index in [1.807, 2.05) is 0 Å². The van der Waals surface area contributed by atoms with E-state index in [1.165, 1.54) is 70.6 Å². The van der Waals surface area contributed by atoms with Crippen molar-refractivity contribution in [2.75, 3.05) is 0 Å². The van der Waals surface area contributed by atoms with Crippen molar-refractivity contribution >= 4 is 10.1 Å². The molecular formula is C24H49NaO4S. The Kier molecular flexibility index (Phi) is 25.4. The Hall–Kier alpha value is 0.870. The third-order valence-electron chi connectivity index (χ3n) is 6.00. The molecule has 30 heavy (non-hydrogen) atoms. The van der Waals surface area contributed by atoms with Crippen LogP contribution < -0.4 is 29.6 Å². The first-order chi connectivity index (χ1) is 13.9. The third kappa shape index (κ3) is 22.1. The van der Waals surface area contributed by atoms with E-state index in [1.54, 1.807) is 0 Å². The van der Waals surface area contributed by atoms with Crippen molar-refractivity contribution in [1.82, 2.24) is 0 Å². The molecule has 0 saturated heterocycles. The Morgan fingerprint density at radius 1 is 0.600 bits per heavy atom. The molecule has 176 valence electrons.